The number of hydrogen-bond donors (Lipinski definition) is 0. The number of esters is 1. The maximum atomic E-state index is 12.4. The van der Waals surface area contributed by atoms with Crippen molar-refractivity contribution < 1.29 is 19.1 Å². The lowest BCUT2D eigenvalue weighted by Crippen LogP contribution is -2.24. The molecule has 1 aliphatic carbocycles. The summed E-state index contributed by atoms with van der Waals surface area (Å²) in [7, 11) is 1.64. The van der Waals surface area contributed by atoms with Crippen LogP contribution in [0.5, 0.6) is 0 Å². The highest BCUT2D eigenvalue weighted by Crippen LogP contribution is 2.64. The van der Waals surface area contributed by atoms with Gasteiger partial charge in [0, 0.05) is 30.5 Å². The molecule has 1 aromatic rings. The van der Waals surface area contributed by atoms with Gasteiger partial charge in [0.2, 0.25) is 5.78 Å². The lowest BCUT2D eigenvalue weighted by molar-refractivity contribution is -0.148. The average molecular weight is 376 g/mol. The number of carbonyl (C=O) groups excluding carboxylic acids is 2. The second kappa shape index (κ2) is 6.70. The highest BCUT2D eigenvalue weighted by atomic mass is 35.5. The second-order valence-corrected chi connectivity index (χ2v) is 8.16. The van der Waals surface area contributed by atoms with E-state index in [-0.39, 0.29) is 18.4 Å². The highest BCUT2D eigenvalue weighted by Gasteiger charge is 2.69. The number of aryl methyl sites for hydroxylation is 1. The lowest BCUT2D eigenvalue weighted by Gasteiger charge is -2.17. The Kier molecular flexibility index (Phi) is 5.38. The number of methoxy groups -OCH3 is 1. The van der Waals surface area contributed by atoms with Crippen molar-refractivity contribution in [3.05, 3.63) is 23.0 Å². The van der Waals surface area contributed by atoms with Gasteiger partial charge in [-0.2, -0.15) is 0 Å². The Hall–Kier alpha value is -1.04. The van der Waals surface area contributed by atoms with Crippen LogP contribution in [0.1, 0.15) is 48.1 Å². The molecule has 1 aromatic heterocycles. The van der Waals surface area contributed by atoms with E-state index in [0.29, 0.717) is 18.6 Å². The van der Waals surface area contributed by atoms with Crippen molar-refractivity contribution in [3.63, 3.8) is 0 Å². The Morgan fingerprint density at radius 1 is 1.38 bits per heavy atom. The van der Waals surface area contributed by atoms with Crippen LogP contribution in [0.15, 0.2) is 6.07 Å². The average Bonchev–Trinajstić information content (AvgIpc) is 2.85. The van der Waals surface area contributed by atoms with Crippen molar-refractivity contribution in [2.24, 2.45) is 5.41 Å². The van der Waals surface area contributed by atoms with Gasteiger partial charge in [0.15, 0.2) is 6.61 Å². The molecule has 1 fully saturated rings. The Labute approximate surface area is 152 Å². The zero-order valence-electron chi connectivity index (χ0n) is 14.6. The zero-order valence-corrected chi connectivity index (χ0v) is 16.1. The standard InChI is InChI=1S/C17H23Cl2NO4/c1-10-6-13(12(3)20(10)11(2)7-23-5)14(21)8-24-15(22)16(4)9-17(16,18)19/h6,11H,7-9H2,1-5H3. The van der Waals surface area contributed by atoms with E-state index >= 15 is 0 Å². The molecule has 1 saturated carbocycles. The fourth-order valence-corrected chi connectivity index (χ4v) is 3.73. The Balaban J connectivity index is 2.06. The number of hydrogen-bond acceptors (Lipinski definition) is 4. The molecule has 1 heterocycles. The third-order valence-corrected chi connectivity index (χ3v) is 5.78. The summed E-state index contributed by atoms with van der Waals surface area (Å²) < 4.78 is 11.3. The first-order valence-corrected chi connectivity index (χ1v) is 8.56. The normalized spacial score (nSPS) is 23.0. The van der Waals surface area contributed by atoms with E-state index in [1.54, 1.807) is 14.0 Å². The first-order chi connectivity index (χ1) is 11.0. The number of ether oxygens (including phenoxy) is 2. The summed E-state index contributed by atoms with van der Waals surface area (Å²) in [6.07, 6.45) is 0.333. The van der Waals surface area contributed by atoms with Gasteiger partial charge in [-0.3, -0.25) is 9.59 Å². The van der Waals surface area contributed by atoms with Crippen LogP contribution in [0.25, 0.3) is 0 Å². The summed E-state index contributed by atoms with van der Waals surface area (Å²) in [6, 6.07) is 1.92. The molecule has 1 aliphatic rings. The number of aromatic nitrogens is 1. The zero-order chi connectivity index (χ0) is 18.3. The van der Waals surface area contributed by atoms with Crippen LogP contribution in [0.3, 0.4) is 0 Å². The van der Waals surface area contributed by atoms with Gasteiger partial charge < -0.3 is 14.0 Å². The van der Waals surface area contributed by atoms with Crippen molar-refractivity contribution in [1.82, 2.24) is 4.57 Å². The summed E-state index contributed by atoms with van der Waals surface area (Å²) in [5, 5.41) is 0. The van der Waals surface area contributed by atoms with E-state index in [1.165, 1.54) is 0 Å². The molecule has 24 heavy (non-hydrogen) atoms. The van der Waals surface area contributed by atoms with Gasteiger partial charge in [-0.25, -0.2) is 0 Å². The minimum atomic E-state index is -1.10. The van der Waals surface area contributed by atoms with Crippen LogP contribution in [0, 0.1) is 19.3 Å². The van der Waals surface area contributed by atoms with Crippen LogP contribution < -0.4 is 0 Å². The molecule has 0 amide bonds. The summed E-state index contributed by atoms with van der Waals surface area (Å²) >= 11 is 11.9. The third-order valence-electron chi connectivity index (χ3n) is 4.68. The quantitative estimate of drug-likeness (QED) is 0.414. The highest BCUT2D eigenvalue weighted by molar-refractivity contribution is 6.53. The molecule has 7 heteroatoms. The van der Waals surface area contributed by atoms with E-state index in [1.807, 2.05) is 31.4 Å². The molecule has 2 unspecified atom stereocenters. The van der Waals surface area contributed by atoms with Gasteiger partial charge in [-0.1, -0.05) is 0 Å². The van der Waals surface area contributed by atoms with Crippen molar-refractivity contribution >= 4 is 35.0 Å². The fraction of sp³-hybridized carbons (Fsp3) is 0.647. The van der Waals surface area contributed by atoms with Crippen LogP contribution in [-0.2, 0) is 14.3 Å². The van der Waals surface area contributed by atoms with E-state index in [9.17, 15) is 9.59 Å². The molecule has 5 nitrogen and oxygen atoms in total. The van der Waals surface area contributed by atoms with Crippen LogP contribution in [0.2, 0.25) is 0 Å². The summed E-state index contributed by atoms with van der Waals surface area (Å²) in [4.78, 5) is 24.5. The maximum absolute atomic E-state index is 12.4. The molecule has 0 spiro atoms. The predicted octanol–water partition coefficient (Wildman–Crippen LogP) is 3.62. The molecule has 0 aromatic carbocycles. The molecular formula is C17H23Cl2NO4. The Morgan fingerprint density at radius 3 is 2.46 bits per heavy atom. The van der Waals surface area contributed by atoms with Crippen molar-refractivity contribution in [1.29, 1.82) is 0 Å². The van der Waals surface area contributed by atoms with E-state index in [4.69, 9.17) is 32.7 Å². The molecule has 134 valence electrons. The number of Topliss-reactive ketones (excluding diaryl/α,β-unsaturated/α-hetero) is 1. The first kappa shape index (κ1) is 19.3. The fourth-order valence-electron chi connectivity index (χ4n) is 3.04. The first-order valence-electron chi connectivity index (χ1n) is 7.80. The Bertz CT molecular complexity index is 668. The SMILES string of the molecule is COCC(C)n1c(C)cc(C(=O)COC(=O)C2(C)CC2(Cl)Cl)c1C. The number of rotatable bonds is 7. The molecule has 0 bridgehead atoms. The van der Waals surface area contributed by atoms with E-state index < -0.39 is 15.7 Å². The second-order valence-electron chi connectivity index (χ2n) is 6.67. The minimum absolute atomic E-state index is 0.109. The van der Waals surface area contributed by atoms with Gasteiger partial charge in [-0.05, 0) is 33.8 Å². The lowest BCUT2D eigenvalue weighted by atomic mass is 10.1. The molecule has 2 rings (SSSR count). The summed E-state index contributed by atoms with van der Waals surface area (Å²) in [6.45, 7) is 7.69. The summed E-state index contributed by atoms with van der Waals surface area (Å²) in [5.74, 6) is -0.784. The third kappa shape index (κ3) is 3.35. The molecule has 0 radical (unpaired) electrons. The van der Waals surface area contributed by atoms with Crippen molar-refractivity contribution in [2.75, 3.05) is 20.3 Å². The van der Waals surface area contributed by atoms with Crippen molar-refractivity contribution in [2.45, 2.75) is 44.5 Å². The number of alkyl halides is 2. The number of ketones is 1. The molecule has 0 N–H and O–H groups in total. The number of halogens is 2. The van der Waals surface area contributed by atoms with E-state index in [0.717, 1.165) is 11.4 Å². The predicted molar refractivity (Wildman–Crippen MR) is 92.9 cm³/mol. The summed E-state index contributed by atoms with van der Waals surface area (Å²) in [5.41, 5.74) is 1.41. The number of nitrogens with zero attached hydrogens (tertiary/aromatic N) is 1. The molecule has 0 aliphatic heterocycles. The number of carbonyl (C=O) groups is 2. The molecule has 0 saturated heterocycles. The largest absolute Gasteiger partial charge is 0.457 e. The van der Waals surface area contributed by atoms with Gasteiger partial charge in [0.25, 0.3) is 0 Å². The van der Waals surface area contributed by atoms with Gasteiger partial charge >= 0.3 is 5.97 Å². The monoisotopic (exact) mass is 375 g/mol. The van der Waals surface area contributed by atoms with Gasteiger partial charge in [0.1, 0.15) is 9.75 Å². The van der Waals surface area contributed by atoms with Gasteiger partial charge in [0.05, 0.1) is 12.6 Å². The molecule has 2 atom stereocenters. The topological polar surface area (TPSA) is 57.5 Å². The van der Waals surface area contributed by atoms with Crippen LogP contribution in [0.4, 0.5) is 0 Å². The van der Waals surface area contributed by atoms with Gasteiger partial charge in [-0.15, -0.1) is 23.2 Å². The Morgan fingerprint density at radius 2 is 1.96 bits per heavy atom. The van der Waals surface area contributed by atoms with E-state index in [2.05, 4.69) is 0 Å². The van der Waals surface area contributed by atoms with Crippen molar-refractivity contribution in [3.8, 4) is 0 Å². The minimum Gasteiger partial charge on any atom is -0.457 e. The smallest absolute Gasteiger partial charge is 0.315 e. The molecular weight excluding hydrogens is 353 g/mol. The van der Waals surface area contributed by atoms with Crippen LogP contribution >= 0.6 is 23.2 Å². The maximum Gasteiger partial charge on any atom is 0.315 e. The van der Waals surface area contributed by atoms with Crippen LogP contribution in [-0.4, -0.2) is 41.0 Å².